The summed E-state index contributed by atoms with van der Waals surface area (Å²) in [6, 6.07) is 27.6. The van der Waals surface area contributed by atoms with Gasteiger partial charge in [0.1, 0.15) is 29.6 Å². The molecule has 7 heteroatoms. The third kappa shape index (κ3) is 3.85. The molecule has 218 valence electrons. The minimum absolute atomic E-state index is 0.192. The van der Waals surface area contributed by atoms with Crippen LogP contribution in [0.1, 0.15) is 43.4 Å². The summed E-state index contributed by atoms with van der Waals surface area (Å²) in [5.74, 6) is -1.36. The fourth-order valence-electron chi connectivity index (χ4n) is 7.29. The molecule has 3 aliphatic rings. The number of Topliss-reactive ketones (excluding diaryl/α,β-unsaturated/α-hetero) is 2. The Hall–Kier alpha value is -5.43. The average molecular weight is 583 g/mol. The molecule has 7 nitrogen and oxygen atoms in total. The highest BCUT2D eigenvalue weighted by Crippen LogP contribution is 2.62. The molecule has 1 spiro atoms. The number of hydrogen-bond acceptors (Lipinski definition) is 6. The fraction of sp³-hybridized carbons (Fsp3) is 0.162. The van der Waals surface area contributed by atoms with Gasteiger partial charge >= 0.3 is 0 Å². The van der Waals surface area contributed by atoms with Crippen LogP contribution in [0, 0.1) is 5.92 Å². The quantitative estimate of drug-likeness (QED) is 0.196. The fourth-order valence-corrected chi connectivity index (χ4v) is 7.29. The van der Waals surface area contributed by atoms with E-state index < -0.39 is 23.4 Å². The van der Waals surface area contributed by atoms with Crippen molar-refractivity contribution in [1.29, 1.82) is 0 Å². The van der Waals surface area contributed by atoms with E-state index in [0.717, 1.165) is 11.1 Å². The highest BCUT2D eigenvalue weighted by molar-refractivity contribution is 6.17. The van der Waals surface area contributed by atoms with Crippen LogP contribution in [0.3, 0.4) is 0 Å². The number of nitrogens with zero attached hydrogens (tertiary/aromatic N) is 1. The van der Waals surface area contributed by atoms with Crippen molar-refractivity contribution in [2.75, 3.05) is 19.0 Å². The van der Waals surface area contributed by atoms with Gasteiger partial charge < -0.3 is 19.7 Å². The monoisotopic (exact) mass is 582 g/mol. The summed E-state index contributed by atoms with van der Waals surface area (Å²) in [7, 11) is 1.51. The number of anilines is 1. The Morgan fingerprint density at radius 1 is 0.886 bits per heavy atom. The van der Waals surface area contributed by atoms with Gasteiger partial charge in [0.2, 0.25) is 5.91 Å². The first-order valence-electron chi connectivity index (χ1n) is 14.5. The standard InChI is InChI=1S/C37H30N2O5/c1-3-22-44-30-19-11-7-15-26(30)33(40)31-32(34(41)25-14-6-10-18-29(25)43-2)39-21-20-23-12-4-5-13-24(23)35(39)37(31)27-16-8-9-17-28(27)38-36(37)42/h3-21,31-32,35H,1,22H2,2H3,(H,38,42)/t31-,32+,35+,37-/m0/s1. The summed E-state index contributed by atoms with van der Waals surface area (Å²) < 4.78 is 11.5. The molecule has 1 fully saturated rings. The van der Waals surface area contributed by atoms with Crippen LogP contribution in [-0.2, 0) is 10.2 Å². The Morgan fingerprint density at radius 2 is 1.55 bits per heavy atom. The molecule has 4 atom stereocenters. The van der Waals surface area contributed by atoms with Gasteiger partial charge in [-0.3, -0.25) is 14.4 Å². The van der Waals surface area contributed by atoms with Gasteiger partial charge in [0.05, 0.1) is 30.2 Å². The van der Waals surface area contributed by atoms with Crippen molar-refractivity contribution in [1.82, 2.24) is 4.90 Å². The van der Waals surface area contributed by atoms with Crippen LogP contribution < -0.4 is 14.8 Å². The predicted octanol–water partition coefficient (Wildman–Crippen LogP) is 6.24. The Labute approximate surface area is 255 Å². The van der Waals surface area contributed by atoms with Crippen LogP contribution in [0.25, 0.3) is 6.08 Å². The number of carbonyl (C=O) groups excluding carboxylic acids is 3. The average Bonchev–Trinajstić information content (AvgIpc) is 3.55. The van der Waals surface area contributed by atoms with Crippen molar-refractivity contribution in [2.45, 2.75) is 17.5 Å². The zero-order valence-electron chi connectivity index (χ0n) is 24.1. The summed E-state index contributed by atoms with van der Waals surface area (Å²) >= 11 is 0. The molecule has 1 amide bonds. The third-order valence-electron chi connectivity index (χ3n) is 9.00. The number of hydrogen-bond donors (Lipinski definition) is 1. The summed E-state index contributed by atoms with van der Waals surface area (Å²) in [5.41, 5.74) is 2.30. The van der Waals surface area contributed by atoms with Crippen molar-refractivity contribution in [3.8, 4) is 11.5 Å². The second kappa shape index (κ2) is 10.7. The number of fused-ring (bicyclic) bond motifs is 6. The topological polar surface area (TPSA) is 84.9 Å². The molecule has 1 saturated heterocycles. The van der Waals surface area contributed by atoms with Gasteiger partial charge in [-0.2, -0.15) is 0 Å². The molecule has 0 radical (unpaired) electrons. The second-order valence-electron chi connectivity index (χ2n) is 11.1. The molecule has 0 bridgehead atoms. The Balaban J connectivity index is 1.54. The van der Waals surface area contributed by atoms with Gasteiger partial charge in [0, 0.05) is 11.9 Å². The van der Waals surface area contributed by atoms with E-state index >= 15 is 4.79 Å². The van der Waals surface area contributed by atoms with Crippen molar-refractivity contribution in [3.63, 3.8) is 0 Å². The highest BCUT2D eigenvalue weighted by Gasteiger charge is 2.71. The lowest BCUT2D eigenvalue weighted by Crippen LogP contribution is -2.49. The molecule has 4 aromatic carbocycles. The molecule has 1 N–H and O–H groups in total. The summed E-state index contributed by atoms with van der Waals surface area (Å²) in [4.78, 5) is 46.6. The highest BCUT2D eigenvalue weighted by atomic mass is 16.5. The van der Waals surface area contributed by atoms with E-state index in [1.807, 2.05) is 65.7 Å². The van der Waals surface area contributed by atoms with Crippen LogP contribution in [-0.4, -0.2) is 42.1 Å². The van der Waals surface area contributed by atoms with E-state index in [9.17, 15) is 9.59 Å². The lowest BCUT2D eigenvalue weighted by Gasteiger charge is -2.38. The number of carbonyl (C=O) groups is 3. The lowest BCUT2D eigenvalue weighted by molar-refractivity contribution is -0.122. The normalized spacial score (nSPS) is 22.5. The molecule has 4 aromatic rings. The summed E-state index contributed by atoms with van der Waals surface area (Å²) in [6.07, 6.45) is 5.40. The summed E-state index contributed by atoms with van der Waals surface area (Å²) in [5, 5.41) is 3.08. The van der Waals surface area contributed by atoms with Gasteiger partial charge in [-0.1, -0.05) is 79.4 Å². The van der Waals surface area contributed by atoms with E-state index in [1.165, 1.54) is 7.11 Å². The van der Waals surface area contributed by atoms with Crippen LogP contribution in [0.2, 0.25) is 0 Å². The first-order valence-corrected chi connectivity index (χ1v) is 14.5. The van der Waals surface area contributed by atoms with Crippen molar-refractivity contribution in [3.05, 3.63) is 144 Å². The molecular formula is C37H30N2O5. The van der Waals surface area contributed by atoms with Crippen molar-refractivity contribution >= 4 is 29.2 Å². The molecular weight excluding hydrogens is 552 g/mol. The van der Waals surface area contributed by atoms with Gasteiger partial charge in [-0.05, 0) is 53.1 Å². The SMILES string of the molecule is C=CCOc1ccccc1C(=O)[C@@H]1[C@H](C(=O)c2ccccc2OC)N2C=Cc3ccccc3[C@@H]2[C@@]12C(=O)Nc1ccccc12. The Morgan fingerprint density at radius 3 is 2.32 bits per heavy atom. The van der Waals surface area contributed by atoms with Gasteiger partial charge in [0.15, 0.2) is 11.6 Å². The maximum Gasteiger partial charge on any atom is 0.238 e. The first kappa shape index (κ1) is 27.4. The maximum atomic E-state index is 15.2. The number of ether oxygens (including phenoxy) is 2. The number of benzene rings is 4. The number of amides is 1. The molecule has 0 saturated carbocycles. The molecule has 3 aliphatic heterocycles. The molecule has 0 aliphatic carbocycles. The smallest absolute Gasteiger partial charge is 0.238 e. The number of methoxy groups -OCH3 is 1. The lowest BCUT2D eigenvalue weighted by atomic mass is 9.62. The van der Waals surface area contributed by atoms with Crippen molar-refractivity contribution < 1.29 is 23.9 Å². The van der Waals surface area contributed by atoms with E-state index in [2.05, 4.69) is 11.9 Å². The van der Waals surface area contributed by atoms with E-state index in [4.69, 9.17) is 9.47 Å². The maximum absolute atomic E-state index is 15.2. The van der Waals surface area contributed by atoms with Crippen LogP contribution in [0.5, 0.6) is 11.5 Å². The van der Waals surface area contributed by atoms with Crippen molar-refractivity contribution in [2.24, 2.45) is 5.92 Å². The summed E-state index contributed by atoms with van der Waals surface area (Å²) in [6.45, 7) is 3.93. The largest absolute Gasteiger partial charge is 0.496 e. The minimum atomic E-state index is -1.44. The molecule has 0 unspecified atom stereocenters. The number of ketones is 2. The van der Waals surface area contributed by atoms with E-state index in [-0.39, 0.29) is 24.1 Å². The third-order valence-corrected chi connectivity index (χ3v) is 9.00. The number of para-hydroxylation sites is 3. The molecule has 3 heterocycles. The van der Waals surface area contributed by atoms with Crippen LogP contribution in [0.15, 0.2) is 116 Å². The Kier molecular flexibility index (Phi) is 6.66. The van der Waals surface area contributed by atoms with Crippen LogP contribution in [0.4, 0.5) is 5.69 Å². The molecule has 44 heavy (non-hydrogen) atoms. The number of rotatable bonds is 8. The number of nitrogens with one attached hydrogen (secondary N) is 1. The van der Waals surface area contributed by atoms with Crippen LogP contribution >= 0.6 is 0 Å². The van der Waals surface area contributed by atoms with E-state index in [0.29, 0.717) is 33.9 Å². The zero-order chi connectivity index (χ0) is 30.4. The molecule has 0 aromatic heterocycles. The Bertz CT molecular complexity index is 1860. The van der Waals surface area contributed by atoms with E-state index in [1.54, 1.807) is 54.6 Å². The first-order chi connectivity index (χ1) is 21.5. The van der Waals surface area contributed by atoms with Gasteiger partial charge in [0.25, 0.3) is 0 Å². The minimum Gasteiger partial charge on any atom is -0.496 e. The molecule has 7 rings (SSSR count). The zero-order valence-corrected chi connectivity index (χ0v) is 24.1. The predicted molar refractivity (Wildman–Crippen MR) is 168 cm³/mol. The second-order valence-corrected chi connectivity index (χ2v) is 11.1. The van der Waals surface area contributed by atoms with Gasteiger partial charge in [-0.15, -0.1) is 0 Å². The van der Waals surface area contributed by atoms with Gasteiger partial charge in [-0.25, -0.2) is 0 Å².